The number of thiophene rings is 1. The molecule has 8 heteroatoms. The third-order valence-electron chi connectivity index (χ3n) is 3.41. The van der Waals surface area contributed by atoms with E-state index in [4.69, 9.17) is 9.15 Å². The Morgan fingerprint density at radius 1 is 1.32 bits per heavy atom. The first-order valence-electron chi connectivity index (χ1n) is 7.60. The van der Waals surface area contributed by atoms with Crippen molar-refractivity contribution in [1.29, 1.82) is 0 Å². The summed E-state index contributed by atoms with van der Waals surface area (Å²) in [6.07, 6.45) is 0. The van der Waals surface area contributed by atoms with Gasteiger partial charge in [-0.15, -0.1) is 21.5 Å². The molecule has 1 N–H and O–H groups in total. The van der Waals surface area contributed by atoms with Crippen molar-refractivity contribution in [3.05, 3.63) is 46.7 Å². The van der Waals surface area contributed by atoms with Gasteiger partial charge in [-0.1, -0.05) is 17.8 Å². The van der Waals surface area contributed by atoms with Gasteiger partial charge in [-0.2, -0.15) is 0 Å². The Kier molecular flexibility index (Phi) is 5.72. The van der Waals surface area contributed by atoms with Crippen molar-refractivity contribution in [1.82, 2.24) is 15.5 Å². The number of nitrogens with zero attached hydrogens (tertiary/aromatic N) is 2. The van der Waals surface area contributed by atoms with Gasteiger partial charge in [-0.25, -0.2) is 0 Å². The van der Waals surface area contributed by atoms with Gasteiger partial charge >= 0.3 is 0 Å². The highest BCUT2D eigenvalue weighted by atomic mass is 32.2. The van der Waals surface area contributed by atoms with E-state index in [1.54, 1.807) is 18.4 Å². The number of methoxy groups -OCH3 is 1. The Morgan fingerprint density at radius 3 is 2.80 bits per heavy atom. The molecule has 0 aliphatic rings. The molecule has 0 radical (unpaired) electrons. The zero-order valence-electron chi connectivity index (χ0n) is 13.8. The number of nitrogens with one attached hydrogen (secondary N) is 1. The molecule has 130 valence electrons. The van der Waals surface area contributed by atoms with Gasteiger partial charge in [0.25, 0.3) is 5.22 Å². The van der Waals surface area contributed by atoms with Gasteiger partial charge in [0.15, 0.2) is 0 Å². The molecular weight excluding hydrogens is 358 g/mol. The van der Waals surface area contributed by atoms with Gasteiger partial charge in [-0.3, -0.25) is 4.79 Å². The summed E-state index contributed by atoms with van der Waals surface area (Å²) < 4.78 is 10.8. The summed E-state index contributed by atoms with van der Waals surface area (Å²) in [5, 5.41) is 13.0. The van der Waals surface area contributed by atoms with E-state index in [1.165, 1.54) is 11.8 Å². The lowest BCUT2D eigenvalue weighted by molar-refractivity contribution is -0.120. The molecule has 1 aromatic carbocycles. The van der Waals surface area contributed by atoms with Crippen LogP contribution < -0.4 is 10.1 Å². The van der Waals surface area contributed by atoms with E-state index in [0.29, 0.717) is 17.7 Å². The zero-order chi connectivity index (χ0) is 17.6. The number of carbonyl (C=O) groups excluding carboxylic acids is 1. The van der Waals surface area contributed by atoms with Crippen LogP contribution in [0.5, 0.6) is 5.75 Å². The van der Waals surface area contributed by atoms with E-state index < -0.39 is 0 Å². The second-order valence-corrected chi connectivity index (χ2v) is 7.48. The Balaban J connectivity index is 1.57. The third-order valence-corrected chi connectivity index (χ3v) is 5.22. The van der Waals surface area contributed by atoms with Crippen LogP contribution in [0.25, 0.3) is 11.5 Å². The molecule has 0 unspecified atom stereocenters. The number of hydrogen-bond donors (Lipinski definition) is 1. The van der Waals surface area contributed by atoms with Gasteiger partial charge in [0.05, 0.1) is 18.9 Å². The fraction of sp³-hybridized carbons (Fsp3) is 0.235. The molecule has 0 fully saturated rings. The van der Waals surface area contributed by atoms with Crippen molar-refractivity contribution in [2.75, 3.05) is 7.11 Å². The minimum Gasteiger partial charge on any atom is -0.497 e. The van der Waals surface area contributed by atoms with Crippen LogP contribution in [0.15, 0.2) is 51.4 Å². The lowest BCUT2D eigenvalue weighted by Gasteiger charge is -2.08. The Hall–Kier alpha value is -2.32. The highest BCUT2D eigenvalue weighted by Crippen LogP contribution is 2.27. The normalized spacial score (nSPS) is 11.9. The van der Waals surface area contributed by atoms with Gasteiger partial charge in [0.2, 0.25) is 11.8 Å². The van der Waals surface area contributed by atoms with Gasteiger partial charge < -0.3 is 14.5 Å². The molecule has 0 saturated heterocycles. The number of carbonyl (C=O) groups is 1. The smallest absolute Gasteiger partial charge is 0.277 e. The Labute approximate surface area is 153 Å². The van der Waals surface area contributed by atoms with Crippen LogP contribution in [0.2, 0.25) is 0 Å². The van der Waals surface area contributed by atoms with Crippen molar-refractivity contribution < 1.29 is 13.9 Å². The average molecular weight is 375 g/mol. The summed E-state index contributed by atoms with van der Waals surface area (Å²) in [4.78, 5) is 13.3. The van der Waals surface area contributed by atoms with Crippen molar-refractivity contribution in [2.45, 2.75) is 23.9 Å². The summed E-state index contributed by atoms with van der Waals surface area (Å²) in [5.41, 5.74) is 0.801. The van der Waals surface area contributed by atoms with E-state index in [2.05, 4.69) is 15.5 Å². The molecule has 0 bridgehead atoms. The van der Waals surface area contributed by atoms with Gasteiger partial charge in [0.1, 0.15) is 5.75 Å². The number of rotatable bonds is 7. The average Bonchev–Trinajstić information content (AvgIpc) is 3.31. The molecular formula is C17H17N3O3S2. The molecule has 0 saturated carbocycles. The van der Waals surface area contributed by atoms with Crippen LogP contribution in [-0.4, -0.2) is 28.5 Å². The molecule has 0 spiro atoms. The molecule has 1 atom stereocenters. The minimum atomic E-state index is -0.330. The molecule has 0 aliphatic heterocycles. The summed E-state index contributed by atoms with van der Waals surface area (Å²) in [7, 11) is 1.61. The lowest BCUT2D eigenvalue weighted by atomic mass is 10.2. The number of thioether (sulfide) groups is 1. The van der Waals surface area contributed by atoms with Crippen molar-refractivity contribution >= 4 is 29.0 Å². The van der Waals surface area contributed by atoms with E-state index in [-0.39, 0.29) is 11.2 Å². The predicted molar refractivity (Wildman–Crippen MR) is 97.8 cm³/mol. The lowest BCUT2D eigenvalue weighted by Crippen LogP contribution is -2.30. The van der Waals surface area contributed by atoms with Crippen molar-refractivity contribution in [3.8, 4) is 17.2 Å². The van der Waals surface area contributed by atoms with E-state index in [0.717, 1.165) is 16.2 Å². The Morgan fingerprint density at radius 2 is 2.12 bits per heavy atom. The first-order chi connectivity index (χ1) is 12.2. The summed E-state index contributed by atoms with van der Waals surface area (Å²) in [5.74, 6) is 1.10. The molecule has 6 nitrogen and oxygen atoms in total. The summed E-state index contributed by atoms with van der Waals surface area (Å²) >= 11 is 2.85. The van der Waals surface area contributed by atoms with Crippen molar-refractivity contribution in [3.63, 3.8) is 0 Å². The maximum absolute atomic E-state index is 12.2. The molecule has 1 amide bonds. The maximum Gasteiger partial charge on any atom is 0.277 e. The Bertz CT molecular complexity index is 816. The number of ether oxygens (including phenoxy) is 1. The van der Waals surface area contributed by atoms with Crippen LogP contribution in [0.1, 0.15) is 11.8 Å². The van der Waals surface area contributed by atoms with Gasteiger partial charge in [-0.05, 0) is 42.6 Å². The van der Waals surface area contributed by atoms with Crippen LogP contribution in [0.3, 0.4) is 0 Å². The second kappa shape index (κ2) is 8.17. The van der Waals surface area contributed by atoms with Crippen LogP contribution in [0.4, 0.5) is 0 Å². The van der Waals surface area contributed by atoms with Crippen LogP contribution in [-0.2, 0) is 11.3 Å². The molecule has 2 heterocycles. The highest BCUT2D eigenvalue weighted by Gasteiger charge is 2.18. The first kappa shape index (κ1) is 17.5. The van der Waals surface area contributed by atoms with Crippen LogP contribution >= 0.6 is 23.1 Å². The first-order valence-corrected chi connectivity index (χ1v) is 9.36. The van der Waals surface area contributed by atoms with E-state index in [1.807, 2.05) is 48.7 Å². The monoisotopic (exact) mass is 375 g/mol. The van der Waals surface area contributed by atoms with E-state index >= 15 is 0 Å². The van der Waals surface area contributed by atoms with Crippen molar-refractivity contribution in [2.24, 2.45) is 0 Å². The quantitative estimate of drug-likeness (QED) is 0.636. The fourth-order valence-corrected chi connectivity index (χ4v) is 3.40. The van der Waals surface area contributed by atoms with Crippen LogP contribution in [0, 0.1) is 0 Å². The fourth-order valence-electron chi connectivity index (χ4n) is 2.04. The highest BCUT2D eigenvalue weighted by molar-refractivity contribution is 8.00. The van der Waals surface area contributed by atoms with Gasteiger partial charge in [0, 0.05) is 10.4 Å². The second-order valence-electron chi connectivity index (χ2n) is 5.16. The molecule has 0 aliphatic carbocycles. The number of amides is 1. The SMILES string of the molecule is COc1ccc(-c2nnc(S[C@H](C)C(=O)NCc3cccs3)o2)cc1. The molecule has 25 heavy (non-hydrogen) atoms. The summed E-state index contributed by atoms with van der Waals surface area (Å²) in [6.45, 7) is 2.34. The number of benzene rings is 1. The maximum atomic E-state index is 12.2. The number of aromatic nitrogens is 2. The summed E-state index contributed by atoms with van der Waals surface area (Å²) in [6, 6.07) is 11.3. The molecule has 3 aromatic rings. The van der Waals surface area contributed by atoms with E-state index in [9.17, 15) is 4.79 Å². The zero-order valence-corrected chi connectivity index (χ0v) is 15.4. The molecule has 2 aromatic heterocycles. The largest absolute Gasteiger partial charge is 0.497 e. The molecule has 3 rings (SSSR count). The predicted octanol–water partition coefficient (Wildman–Crippen LogP) is 3.60. The third kappa shape index (κ3) is 4.61. The minimum absolute atomic E-state index is 0.0670. The standard InChI is InChI=1S/C17H17N3O3S2/c1-11(15(21)18-10-14-4-3-9-24-14)25-17-20-19-16(23-17)12-5-7-13(22-2)8-6-12/h3-9,11H,10H2,1-2H3,(H,18,21)/t11-/m1/s1. The number of hydrogen-bond acceptors (Lipinski definition) is 7. The topological polar surface area (TPSA) is 77.2 Å².